The fourth-order valence-corrected chi connectivity index (χ4v) is 9.61. The Bertz CT molecular complexity index is 2960. The van der Waals surface area contributed by atoms with Gasteiger partial charge in [0, 0.05) is 41.3 Å². The Kier molecular flexibility index (Phi) is 13.6. The van der Waals surface area contributed by atoms with E-state index in [1.807, 2.05) is 106 Å². The van der Waals surface area contributed by atoms with Gasteiger partial charge in [-0.05, 0) is 133 Å². The molecule has 7 rings (SSSR count). The van der Waals surface area contributed by atoms with Gasteiger partial charge in [0.15, 0.2) is 17.6 Å². The molecule has 0 saturated heterocycles. The molecule has 322 valence electrons. The lowest BCUT2D eigenvalue weighted by molar-refractivity contribution is -0.539. The predicted molar refractivity (Wildman–Crippen MR) is 256 cm³/mol. The minimum absolute atomic E-state index is 0.145. The van der Waals surface area contributed by atoms with Crippen molar-refractivity contribution in [3.63, 3.8) is 0 Å². The highest BCUT2D eigenvalue weighted by Crippen LogP contribution is 2.39. The second kappa shape index (κ2) is 19.2. The van der Waals surface area contributed by atoms with Crippen LogP contribution in [-0.2, 0) is 26.8 Å². The van der Waals surface area contributed by atoms with Crippen molar-refractivity contribution >= 4 is 60.0 Å². The first-order valence-electron chi connectivity index (χ1n) is 20.7. The van der Waals surface area contributed by atoms with Gasteiger partial charge < -0.3 is 15.5 Å². The van der Waals surface area contributed by atoms with Crippen molar-refractivity contribution in [1.82, 2.24) is 0 Å². The Morgan fingerprint density at radius 2 is 1.30 bits per heavy atom. The van der Waals surface area contributed by atoms with E-state index in [1.54, 1.807) is 35.2 Å². The summed E-state index contributed by atoms with van der Waals surface area (Å²) in [5.74, 6) is 0. The average molecular weight is 880 g/mol. The molecule has 10 nitrogen and oxygen atoms in total. The van der Waals surface area contributed by atoms with Gasteiger partial charge in [-0.25, -0.2) is 4.58 Å². The minimum Gasteiger partial charge on any atom is -0.354 e. The van der Waals surface area contributed by atoms with Crippen LogP contribution in [0.3, 0.4) is 0 Å². The van der Waals surface area contributed by atoms with Crippen LogP contribution in [0.2, 0.25) is 0 Å². The Morgan fingerprint density at radius 1 is 0.683 bits per heavy atom. The second-order valence-corrected chi connectivity index (χ2v) is 18.2. The summed E-state index contributed by atoms with van der Waals surface area (Å²) in [4.78, 5) is 1.55. The smallest absolute Gasteiger partial charge is 0.294 e. The number of hydrogen-bond acceptors (Lipinski definition) is 7. The highest BCUT2D eigenvalue weighted by Gasteiger charge is 2.32. The lowest BCUT2D eigenvalue weighted by atomic mass is 9.85. The molecular weight excluding hydrogens is 829 g/mol. The van der Waals surface area contributed by atoms with Gasteiger partial charge in [-0.2, -0.15) is 16.8 Å². The highest BCUT2D eigenvalue weighted by atomic mass is 32.2. The zero-order valence-electron chi connectivity index (χ0n) is 35.6. The number of para-hydroxylation sites is 3. The van der Waals surface area contributed by atoms with Crippen LogP contribution in [0.25, 0.3) is 5.57 Å². The van der Waals surface area contributed by atoms with E-state index in [-0.39, 0.29) is 4.90 Å². The number of aryl methyl sites for hydroxylation is 1. The summed E-state index contributed by atoms with van der Waals surface area (Å²) in [5.41, 5.74) is 12.3. The lowest BCUT2D eigenvalue weighted by Crippen LogP contribution is -2.34. The van der Waals surface area contributed by atoms with Crippen LogP contribution in [0.15, 0.2) is 186 Å². The van der Waals surface area contributed by atoms with Gasteiger partial charge in [-0.3, -0.25) is 9.11 Å². The van der Waals surface area contributed by atoms with Crippen molar-refractivity contribution < 1.29 is 30.5 Å². The lowest BCUT2D eigenvalue weighted by Gasteiger charge is -2.31. The van der Waals surface area contributed by atoms with Gasteiger partial charge >= 0.3 is 0 Å². The van der Waals surface area contributed by atoms with E-state index >= 15 is 0 Å². The van der Waals surface area contributed by atoms with Crippen LogP contribution >= 0.6 is 0 Å². The topological polar surface area (TPSA) is 139 Å². The van der Waals surface area contributed by atoms with Gasteiger partial charge in [0.25, 0.3) is 20.2 Å². The van der Waals surface area contributed by atoms with E-state index < -0.39 is 25.6 Å². The zero-order chi connectivity index (χ0) is 44.7. The van der Waals surface area contributed by atoms with Crippen LogP contribution in [0.4, 0.5) is 28.4 Å². The van der Waals surface area contributed by atoms with Crippen LogP contribution in [0, 0.1) is 6.92 Å². The molecular formula is C51H51N4O6S2+. The molecule has 6 aromatic carbocycles. The number of benzene rings is 6. The number of nitrogens with zero attached hydrogens (tertiary/aromatic N) is 2. The molecule has 6 aromatic rings. The maximum atomic E-state index is 12.9. The van der Waals surface area contributed by atoms with E-state index in [4.69, 9.17) is 0 Å². The molecule has 0 amide bonds. The van der Waals surface area contributed by atoms with Crippen molar-refractivity contribution in [1.29, 1.82) is 0 Å². The summed E-state index contributed by atoms with van der Waals surface area (Å²) in [7, 11) is -8.87. The summed E-state index contributed by atoms with van der Waals surface area (Å²) in [5, 5.41) is 5.79. The number of hydrogen-bond donors (Lipinski definition) is 4. The number of allylic oxidation sites excluding steroid dienone is 5. The highest BCUT2D eigenvalue weighted by molar-refractivity contribution is 7.86. The molecule has 12 heteroatoms. The van der Waals surface area contributed by atoms with E-state index in [1.165, 1.54) is 12.1 Å². The largest absolute Gasteiger partial charge is 0.354 e. The van der Waals surface area contributed by atoms with Crippen molar-refractivity contribution in [3.05, 3.63) is 209 Å². The van der Waals surface area contributed by atoms with Crippen LogP contribution < -0.4 is 15.5 Å². The molecule has 0 heterocycles. The molecule has 0 aromatic heterocycles. The summed E-state index contributed by atoms with van der Waals surface area (Å²) >= 11 is 0. The molecule has 4 N–H and O–H groups in total. The van der Waals surface area contributed by atoms with Gasteiger partial charge in [0.2, 0.25) is 0 Å². The average Bonchev–Trinajstić information content (AvgIpc) is 3.27. The van der Waals surface area contributed by atoms with Crippen LogP contribution in [-0.4, -0.2) is 49.3 Å². The first-order chi connectivity index (χ1) is 30.2. The van der Waals surface area contributed by atoms with Crippen LogP contribution in [0.1, 0.15) is 54.0 Å². The maximum absolute atomic E-state index is 12.9. The minimum atomic E-state index is -4.53. The SMILES string of the molecule is CCN(c1ccc(/C(=C2\C=CC(=[N+](CC)Cc3cccc(S(=O)(=O)O)c3)C=C2C)c2ccc(Nc3ccccc3Nc3ccccc3)cc2)c(C)c1)C(c1ccccc1)S(=O)(=O)O. The summed E-state index contributed by atoms with van der Waals surface area (Å²) in [6, 6.07) is 47.3. The second-order valence-electron chi connectivity index (χ2n) is 15.3. The third-order valence-electron chi connectivity index (χ3n) is 11.0. The Hall–Kier alpha value is -6.57. The molecule has 0 aliphatic heterocycles. The monoisotopic (exact) mass is 879 g/mol. The molecule has 1 atom stereocenters. The van der Waals surface area contributed by atoms with E-state index in [2.05, 4.69) is 64.6 Å². The quantitative estimate of drug-likeness (QED) is 0.0586. The Morgan fingerprint density at radius 3 is 1.87 bits per heavy atom. The van der Waals surface area contributed by atoms with E-state index in [9.17, 15) is 25.9 Å². The number of rotatable bonds is 15. The van der Waals surface area contributed by atoms with Gasteiger partial charge in [-0.1, -0.05) is 91.0 Å². The van der Waals surface area contributed by atoms with Gasteiger partial charge in [0.05, 0.1) is 16.3 Å². The zero-order valence-corrected chi connectivity index (χ0v) is 37.2. The first-order valence-corrected chi connectivity index (χ1v) is 23.6. The van der Waals surface area contributed by atoms with Crippen LogP contribution in [0.5, 0.6) is 0 Å². The predicted octanol–water partition coefficient (Wildman–Crippen LogP) is 11.1. The molecule has 1 aliphatic rings. The fourth-order valence-electron chi connectivity index (χ4n) is 7.97. The normalized spacial score (nSPS) is 15.0. The molecule has 0 radical (unpaired) electrons. The molecule has 0 bridgehead atoms. The summed E-state index contributed by atoms with van der Waals surface area (Å²) in [6.07, 6.45) is 6.28. The fraction of sp³-hybridized carbons (Fsp3) is 0.157. The molecule has 0 fully saturated rings. The van der Waals surface area contributed by atoms with Gasteiger partial charge in [-0.15, -0.1) is 0 Å². The summed E-state index contributed by atoms with van der Waals surface area (Å²) < 4.78 is 72.0. The molecule has 1 unspecified atom stereocenters. The first kappa shape index (κ1) is 44.5. The number of nitrogens with one attached hydrogen (secondary N) is 2. The molecule has 63 heavy (non-hydrogen) atoms. The van der Waals surface area contributed by atoms with Crippen molar-refractivity contribution in [3.8, 4) is 0 Å². The molecule has 1 aliphatic carbocycles. The summed E-state index contributed by atoms with van der Waals surface area (Å²) in [6.45, 7) is 9.37. The third-order valence-corrected chi connectivity index (χ3v) is 13.0. The molecule has 0 saturated carbocycles. The Balaban J connectivity index is 1.29. The maximum Gasteiger partial charge on any atom is 0.294 e. The standard InChI is InChI=1S/C51H50N4O6S2/c1-5-54(35-38-16-15-21-45(34-38)62(56,57)58)43-28-30-46(36(3)32-43)50(39-24-26-42(27-25-39)53-49-23-14-13-22-48(49)52-41-19-11-8-12-20-41)47-31-29-44(33-37(47)4)55(6-2)51(63(59,60)61)40-17-9-7-10-18-40/h7-34,51-52H,5-6,35H2,1-4H3,(H2,56,57,58,59,60,61)/p+1. The third kappa shape index (κ3) is 10.6. The number of anilines is 5. The van der Waals surface area contributed by atoms with E-state index in [0.29, 0.717) is 30.9 Å². The van der Waals surface area contributed by atoms with Crippen molar-refractivity contribution in [2.45, 2.75) is 44.5 Å². The Labute approximate surface area is 370 Å². The molecule has 0 spiro atoms. The van der Waals surface area contributed by atoms with Gasteiger partial charge in [0.1, 0.15) is 6.54 Å². The van der Waals surface area contributed by atoms with Crippen molar-refractivity contribution in [2.24, 2.45) is 0 Å². The van der Waals surface area contributed by atoms with E-state index in [0.717, 1.165) is 67.4 Å². The van der Waals surface area contributed by atoms with Crippen molar-refractivity contribution in [2.75, 3.05) is 28.6 Å².